The van der Waals surface area contributed by atoms with E-state index in [1.165, 1.54) is 0 Å². The van der Waals surface area contributed by atoms with Crippen LogP contribution in [0, 0.1) is 11.3 Å². The number of halogens is 2. The molecular formula is C15H19Cl2NO3. The summed E-state index contributed by atoms with van der Waals surface area (Å²) in [7, 11) is 0. The Morgan fingerprint density at radius 3 is 2.19 bits per heavy atom. The van der Waals surface area contributed by atoms with Gasteiger partial charge in [-0.25, -0.2) is 0 Å². The molecule has 0 radical (unpaired) electrons. The van der Waals surface area contributed by atoms with E-state index in [9.17, 15) is 9.59 Å². The molecule has 0 aliphatic carbocycles. The summed E-state index contributed by atoms with van der Waals surface area (Å²) in [5.74, 6) is -2.01. The molecule has 1 N–H and O–H groups in total. The highest BCUT2D eigenvalue weighted by molar-refractivity contribution is 6.39. The van der Waals surface area contributed by atoms with Crippen LogP contribution in [-0.4, -0.2) is 18.5 Å². The first-order valence-electron chi connectivity index (χ1n) is 6.60. The number of amides is 1. The van der Waals surface area contributed by atoms with Crippen LogP contribution in [0.4, 0.5) is 5.69 Å². The van der Waals surface area contributed by atoms with E-state index in [1.54, 1.807) is 45.9 Å². The predicted molar refractivity (Wildman–Crippen MR) is 84.7 cm³/mol. The highest BCUT2D eigenvalue weighted by Gasteiger charge is 2.39. The molecule has 1 aromatic rings. The van der Waals surface area contributed by atoms with Crippen LogP contribution >= 0.6 is 23.2 Å². The smallest absolute Gasteiger partial charge is 0.319 e. The molecule has 4 nitrogen and oxygen atoms in total. The summed E-state index contributed by atoms with van der Waals surface area (Å²) in [6.07, 6.45) is 0. The molecule has 0 saturated heterocycles. The minimum atomic E-state index is -0.954. The number of para-hydroxylation sites is 1. The predicted octanol–water partition coefficient (Wildman–Crippen LogP) is 4.16. The van der Waals surface area contributed by atoms with Crippen molar-refractivity contribution >= 4 is 40.8 Å². The Bertz CT molecular complexity index is 518. The van der Waals surface area contributed by atoms with Gasteiger partial charge in [0.1, 0.15) is 5.92 Å². The van der Waals surface area contributed by atoms with Crippen molar-refractivity contribution < 1.29 is 14.3 Å². The van der Waals surface area contributed by atoms with Crippen molar-refractivity contribution in [1.82, 2.24) is 0 Å². The van der Waals surface area contributed by atoms with Gasteiger partial charge in [0.05, 0.1) is 22.3 Å². The van der Waals surface area contributed by atoms with E-state index in [2.05, 4.69) is 5.32 Å². The average Bonchev–Trinajstić information content (AvgIpc) is 2.32. The Balaban J connectivity index is 3.05. The molecule has 6 heteroatoms. The first-order valence-corrected chi connectivity index (χ1v) is 7.35. The molecule has 0 spiro atoms. The molecule has 21 heavy (non-hydrogen) atoms. The summed E-state index contributed by atoms with van der Waals surface area (Å²) < 4.78 is 4.98. The zero-order chi connectivity index (χ0) is 16.2. The molecule has 116 valence electrons. The first-order chi connectivity index (χ1) is 9.68. The molecule has 0 aliphatic rings. The Labute approximate surface area is 134 Å². The van der Waals surface area contributed by atoms with Crippen molar-refractivity contribution in [3.63, 3.8) is 0 Å². The second kappa shape index (κ2) is 7.14. The zero-order valence-electron chi connectivity index (χ0n) is 12.5. The third kappa shape index (κ3) is 4.61. The van der Waals surface area contributed by atoms with Crippen LogP contribution in [0.1, 0.15) is 27.7 Å². The molecule has 1 unspecified atom stereocenters. The van der Waals surface area contributed by atoms with E-state index >= 15 is 0 Å². The third-order valence-electron chi connectivity index (χ3n) is 2.86. The van der Waals surface area contributed by atoms with E-state index in [0.29, 0.717) is 15.7 Å². The highest BCUT2D eigenvalue weighted by atomic mass is 35.5. The van der Waals surface area contributed by atoms with Crippen molar-refractivity contribution in [1.29, 1.82) is 0 Å². The molecule has 0 bridgehead atoms. The Morgan fingerprint density at radius 1 is 1.24 bits per heavy atom. The SMILES string of the molecule is CCOC(=O)C(C(=O)Nc1c(Cl)cccc1Cl)C(C)(C)C. The molecule has 1 atom stereocenters. The maximum Gasteiger partial charge on any atom is 0.319 e. The lowest BCUT2D eigenvalue weighted by molar-refractivity contribution is -0.155. The van der Waals surface area contributed by atoms with Crippen molar-refractivity contribution in [3.8, 4) is 0 Å². The minimum Gasteiger partial charge on any atom is -0.465 e. The van der Waals surface area contributed by atoms with Crippen LogP contribution in [0.3, 0.4) is 0 Å². The summed E-state index contributed by atoms with van der Waals surface area (Å²) in [6.45, 7) is 7.29. The van der Waals surface area contributed by atoms with Gasteiger partial charge in [-0.1, -0.05) is 50.0 Å². The number of ether oxygens (including phenoxy) is 1. The minimum absolute atomic E-state index is 0.214. The van der Waals surface area contributed by atoms with Gasteiger partial charge in [0.2, 0.25) is 5.91 Å². The lowest BCUT2D eigenvalue weighted by atomic mass is 9.80. The topological polar surface area (TPSA) is 55.4 Å². The Morgan fingerprint density at radius 2 is 1.76 bits per heavy atom. The first kappa shape index (κ1) is 17.8. The van der Waals surface area contributed by atoms with Crippen molar-refractivity contribution in [2.24, 2.45) is 11.3 Å². The van der Waals surface area contributed by atoms with E-state index in [0.717, 1.165) is 0 Å². The quantitative estimate of drug-likeness (QED) is 0.665. The van der Waals surface area contributed by atoms with E-state index < -0.39 is 23.2 Å². The average molecular weight is 332 g/mol. The summed E-state index contributed by atoms with van der Waals surface area (Å²) in [4.78, 5) is 24.5. The fourth-order valence-electron chi connectivity index (χ4n) is 1.89. The van der Waals surface area contributed by atoms with Crippen LogP contribution < -0.4 is 5.32 Å². The summed E-state index contributed by atoms with van der Waals surface area (Å²) in [6, 6.07) is 4.89. The molecule has 1 rings (SSSR count). The molecule has 0 heterocycles. The number of hydrogen-bond donors (Lipinski definition) is 1. The van der Waals surface area contributed by atoms with Gasteiger partial charge in [0.15, 0.2) is 0 Å². The fraction of sp³-hybridized carbons (Fsp3) is 0.467. The molecule has 0 aliphatic heterocycles. The van der Waals surface area contributed by atoms with Gasteiger partial charge in [0, 0.05) is 0 Å². The van der Waals surface area contributed by atoms with Gasteiger partial charge < -0.3 is 10.1 Å². The van der Waals surface area contributed by atoms with Crippen molar-refractivity contribution in [2.45, 2.75) is 27.7 Å². The largest absolute Gasteiger partial charge is 0.465 e. The van der Waals surface area contributed by atoms with Gasteiger partial charge >= 0.3 is 5.97 Å². The number of nitrogens with one attached hydrogen (secondary N) is 1. The maximum atomic E-state index is 12.5. The number of carbonyl (C=O) groups is 2. The van der Waals surface area contributed by atoms with E-state index in [4.69, 9.17) is 27.9 Å². The van der Waals surface area contributed by atoms with Gasteiger partial charge in [-0.2, -0.15) is 0 Å². The maximum absolute atomic E-state index is 12.5. The molecule has 0 aromatic heterocycles. The number of esters is 1. The fourth-order valence-corrected chi connectivity index (χ4v) is 2.38. The Kier molecular flexibility index (Phi) is 6.05. The third-order valence-corrected chi connectivity index (χ3v) is 3.49. The lowest BCUT2D eigenvalue weighted by Gasteiger charge is -2.27. The highest BCUT2D eigenvalue weighted by Crippen LogP contribution is 2.33. The molecular weight excluding hydrogens is 313 g/mol. The number of benzene rings is 1. The Hall–Kier alpha value is -1.26. The van der Waals surface area contributed by atoms with Crippen molar-refractivity contribution in [2.75, 3.05) is 11.9 Å². The van der Waals surface area contributed by atoms with Crippen LogP contribution in [0.2, 0.25) is 10.0 Å². The summed E-state index contributed by atoms with van der Waals surface area (Å²) in [5.41, 5.74) is -0.297. The van der Waals surface area contributed by atoms with Gasteiger partial charge in [-0.15, -0.1) is 0 Å². The monoisotopic (exact) mass is 331 g/mol. The number of carbonyl (C=O) groups excluding carboxylic acids is 2. The van der Waals surface area contributed by atoms with E-state index in [-0.39, 0.29) is 6.61 Å². The summed E-state index contributed by atoms with van der Waals surface area (Å²) >= 11 is 12.0. The standard InChI is InChI=1S/C15H19Cl2NO3/c1-5-21-14(20)11(15(2,3)4)13(19)18-12-9(16)7-6-8-10(12)17/h6-8,11H,5H2,1-4H3,(H,18,19). The second-order valence-electron chi connectivity index (χ2n) is 5.64. The number of anilines is 1. The van der Waals surface area contributed by atoms with Crippen molar-refractivity contribution in [3.05, 3.63) is 28.2 Å². The molecule has 0 fully saturated rings. The van der Waals surface area contributed by atoms with Crippen LogP contribution in [0.25, 0.3) is 0 Å². The zero-order valence-corrected chi connectivity index (χ0v) is 14.0. The normalized spacial score (nSPS) is 12.7. The number of hydrogen-bond acceptors (Lipinski definition) is 3. The second-order valence-corrected chi connectivity index (χ2v) is 6.45. The van der Waals surface area contributed by atoms with Gasteiger partial charge in [0.25, 0.3) is 0 Å². The van der Waals surface area contributed by atoms with Gasteiger partial charge in [-0.05, 0) is 24.5 Å². The van der Waals surface area contributed by atoms with Crippen LogP contribution in [0.15, 0.2) is 18.2 Å². The molecule has 1 amide bonds. The van der Waals surface area contributed by atoms with Crippen LogP contribution in [0.5, 0.6) is 0 Å². The number of rotatable bonds is 4. The van der Waals surface area contributed by atoms with Gasteiger partial charge in [-0.3, -0.25) is 9.59 Å². The molecule has 1 aromatic carbocycles. The van der Waals surface area contributed by atoms with E-state index in [1.807, 2.05) is 0 Å². The lowest BCUT2D eigenvalue weighted by Crippen LogP contribution is -2.40. The summed E-state index contributed by atoms with van der Waals surface area (Å²) in [5, 5.41) is 3.25. The van der Waals surface area contributed by atoms with Crippen LogP contribution in [-0.2, 0) is 14.3 Å². The molecule has 0 saturated carbocycles.